The minimum Gasteiger partial charge on any atom is -0.493 e. The number of esters is 1. The van der Waals surface area contributed by atoms with Crippen LogP contribution in [0, 0.1) is 17.2 Å². The van der Waals surface area contributed by atoms with Crippen LogP contribution in [0.4, 0.5) is 5.69 Å². The summed E-state index contributed by atoms with van der Waals surface area (Å²) in [6, 6.07) is 13.5. The number of para-hydroxylation sites is 1. The molecule has 0 saturated carbocycles. The van der Waals surface area contributed by atoms with E-state index in [4.69, 9.17) is 18.6 Å². The molecule has 1 amide bonds. The van der Waals surface area contributed by atoms with Crippen molar-refractivity contribution in [3.8, 4) is 17.6 Å². The van der Waals surface area contributed by atoms with Gasteiger partial charge < -0.3 is 23.9 Å². The number of amides is 1. The number of nitriles is 1. The Morgan fingerprint density at radius 2 is 1.94 bits per heavy atom. The number of benzene rings is 2. The number of carbonyl (C=O) groups excluding carboxylic acids is 2. The molecule has 1 heterocycles. The number of methoxy groups -OCH3 is 1. The number of nitrogens with zero attached hydrogens (tertiary/aromatic N) is 1. The zero-order chi connectivity index (χ0) is 22.4. The van der Waals surface area contributed by atoms with E-state index in [0.717, 1.165) is 0 Å². The molecule has 3 rings (SSSR count). The highest BCUT2D eigenvalue weighted by Gasteiger charge is 2.18. The number of hydrogen-bond acceptors (Lipinski definition) is 7. The number of ether oxygens (including phenoxy) is 3. The van der Waals surface area contributed by atoms with Crippen LogP contribution in [-0.4, -0.2) is 32.2 Å². The van der Waals surface area contributed by atoms with Crippen molar-refractivity contribution in [2.75, 3.05) is 25.6 Å². The molecule has 8 heteroatoms. The first kappa shape index (κ1) is 21.7. The van der Waals surface area contributed by atoms with Crippen molar-refractivity contribution in [2.24, 2.45) is 5.92 Å². The molecule has 0 spiro atoms. The van der Waals surface area contributed by atoms with E-state index < -0.39 is 18.5 Å². The first-order valence-electron chi connectivity index (χ1n) is 9.62. The molecule has 31 heavy (non-hydrogen) atoms. The van der Waals surface area contributed by atoms with Gasteiger partial charge in [0.2, 0.25) is 5.76 Å². The van der Waals surface area contributed by atoms with Crippen molar-refractivity contribution < 1.29 is 28.2 Å². The number of furan rings is 1. The third-order valence-electron chi connectivity index (χ3n) is 4.27. The second-order valence-electron chi connectivity index (χ2n) is 7.11. The highest BCUT2D eigenvalue weighted by atomic mass is 16.5. The fourth-order valence-electron chi connectivity index (χ4n) is 2.81. The molecular weight excluding hydrogens is 400 g/mol. The highest BCUT2D eigenvalue weighted by Crippen LogP contribution is 2.30. The van der Waals surface area contributed by atoms with Gasteiger partial charge in [-0.25, -0.2) is 4.79 Å². The van der Waals surface area contributed by atoms with E-state index in [1.54, 1.807) is 30.3 Å². The molecule has 0 aliphatic carbocycles. The van der Waals surface area contributed by atoms with Gasteiger partial charge >= 0.3 is 5.97 Å². The molecule has 0 aliphatic heterocycles. The van der Waals surface area contributed by atoms with Crippen LogP contribution >= 0.6 is 0 Å². The maximum absolute atomic E-state index is 12.4. The van der Waals surface area contributed by atoms with Gasteiger partial charge in [0.1, 0.15) is 17.3 Å². The van der Waals surface area contributed by atoms with Crippen molar-refractivity contribution in [3.05, 3.63) is 53.8 Å². The lowest BCUT2D eigenvalue weighted by Crippen LogP contribution is -2.21. The van der Waals surface area contributed by atoms with Gasteiger partial charge in [-0.05, 0) is 36.2 Å². The highest BCUT2D eigenvalue weighted by molar-refractivity contribution is 6.04. The minimum atomic E-state index is -0.693. The fraction of sp³-hybridized carbons (Fsp3) is 0.261. The molecule has 3 aromatic rings. The second-order valence-corrected chi connectivity index (χ2v) is 7.11. The van der Waals surface area contributed by atoms with Gasteiger partial charge in [0.25, 0.3) is 5.91 Å². The smallest absolute Gasteiger partial charge is 0.338 e. The summed E-state index contributed by atoms with van der Waals surface area (Å²) in [5, 5.41) is 12.4. The molecule has 0 atom stereocenters. The van der Waals surface area contributed by atoms with Crippen LogP contribution in [0.2, 0.25) is 0 Å². The standard InChI is InChI=1S/C23H22N2O6/c1-14(2)12-29-18-9-8-15(10-19(18)28-3)23(27)30-13-21(26)25-22-16-6-4-5-7-17(16)31-20(22)11-24/h4-10,14H,12-13H2,1-3H3,(H,25,26). The third-order valence-corrected chi connectivity index (χ3v) is 4.27. The molecule has 0 unspecified atom stereocenters. The van der Waals surface area contributed by atoms with Crippen LogP contribution in [0.1, 0.15) is 30.0 Å². The van der Waals surface area contributed by atoms with Gasteiger partial charge in [-0.15, -0.1) is 0 Å². The molecule has 160 valence electrons. The van der Waals surface area contributed by atoms with Gasteiger partial charge in [-0.1, -0.05) is 26.0 Å². The fourth-order valence-corrected chi connectivity index (χ4v) is 2.81. The van der Waals surface area contributed by atoms with Gasteiger partial charge in [-0.3, -0.25) is 4.79 Å². The molecule has 0 fully saturated rings. The first-order chi connectivity index (χ1) is 14.9. The largest absolute Gasteiger partial charge is 0.493 e. The van der Waals surface area contributed by atoms with E-state index in [9.17, 15) is 14.9 Å². The van der Waals surface area contributed by atoms with Crippen LogP contribution in [-0.2, 0) is 9.53 Å². The molecule has 0 radical (unpaired) electrons. The lowest BCUT2D eigenvalue weighted by atomic mass is 10.2. The summed E-state index contributed by atoms with van der Waals surface area (Å²) in [5.74, 6) is -0.0736. The van der Waals surface area contributed by atoms with Crippen LogP contribution in [0.5, 0.6) is 11.5 Å². The Morgan fingerprint density at radius 3 is 2.65 bits per heavy atom. The number of carbonyl (C=O) groups is 2. The summed E-state index contributed by atoms with van der Waals surface area (Å²) in [6.07, 6.45) is 0. The molecule has 0 aliphatic rings. The quantitative estimate of drug-likeness (QED) is 0.543. The van der Waals surface area contributed by atoms with Crippen molar-refractivity contribution >= 4 is 28.5 Å². The SMILES string of the molecule is COc1cc(C(=O)OCC(=O)Nc2c(C#N)oc3ccccc23)ccc1OCC(C)C. The molecule has 0 bridgehead atoms. The Balaban J connectivity index is 1.64. The Bertz CT molecular complexity index is 1140. The number of fused-ring (bicyclic) bond motifs is 1. The summed E-state index contributed by atoms with van der Waals surface area (Å²) in [5.41, 5.74) is 0.929. The van der Waals surface area contributed by atoms with Crippen molar-refractivity contribution in [3.63, 3.8) is 0 Å². The van der Waals surface area contributed by atoms with E-state index in [-0.39, 0.29) is 17.0 Å². The minimum absolute atomic E-state index is 0.0254. The summed E-state index contributed by atoms with van der Waals surface area (Å²) >= 11 is 0. The number of nitrogens with one attached hydrogen (secondary N) is 1. The molecule has 8 nitrogen and oxygen atoms in total. The predicted molar refractivity (Wildman–Crippen MR) is 113 cm³/mol. The summed E-state index contributed by atoms with van der Waals surface area (Å²) < 4.78 is 21.4. The Labute approximate surface area is 179 Å². The lowest BCUT2D eigenvalue weighted by Gasteiger charge is -2.13. The third kappa shape index (κ3) is 5.14. The van der Waals surface area contributed by atoms with Gasteiger partial charge in [0.05, 0.1) is 19.3 Å². The Morgan fingerprint density at radius 1 is 1.16 bits per heavy atom. The summed E-state index contributed by atoms with van der Waals surface area (Å²) in [4.78, 5) is 24.7. The topological polar surface area (TPSA) is 111 Å². The molecule has 2 aromatic carbocycles. The second kappa shape index (κ2) is 9.67. The van der Waals surface area contributed by atoms with Crippen LogP contribution in [0.25, 0.3) is 11.0 Å². The van der Waals surface area contributed by atoms with Gasteiger partial charge in [-0.2, -0.15) is 5.26 Å². The van der Waals surface area contributed by atoms with E-state index in [1.165, 1.54) is 19.2 Å². The van der Waals surface area contributed by atoms with Gasteiger partial charge in [0.15, 0.2) is 18.1 Å². The van der Waals surface area contributed by atoms with Crippen LogP contribution in [0.3, 0.4) is 0 Å². The number of rotatable bonds is 8. The monoisotopic (exact) mass is 422 g/mol. The Hall–Kier alpha value is -3.99. The lowest BCUT2D eigenvalue weighted by molar-refractivity contribution is -0.119. The summed E-state index contributed by atoms with van der Waals surface area (Å²) in [6.45, 7) is 4.02. The molecule has 1 aromatic heterocycles. The van der Waals surface area contributed by atoms with E-state index in [1.807, 2.05) is 19.9 Å². The maximum Gasteiger partial charge on any atom is 0.338 e. The zero-order valence-corrected chi connectivity index (χ0v) is 17.4. The summed E-state index contributed by atoms with van der Waals surface area (Å²) in [7, 11) is 1.47. The average Bonchev–Trinajstić information content (AvgIpc) is 3.13. The van der Waals surface area contributed by atoms with E-state index in [0.29, 0.717) is 35.0 Å². The Kier molecular flexibility index (Phi) is 6.78. The molecular formula is C23H22N2O6. The van der Waals surface area contributed by atoms with Crippen molar-refractivity contribution in [1.29, 1.82) is 5.26 Å². The van der Waals surface area contributed by atoms with E-state index in [2.05, 4.69) is 5.32 Å². The maximum atomic E-state index is 12.4. The van der Waals surface area contributed by atoms with E-state index >= 15 is 0 Å². The van der Waals surface area contributed by atoms with Crippen LogP contribution in [0.15, 0.2) is 46.9 Å². The van der Waals surface area contributed by atoms with Crippen molar-refractivity contribution in [2.45, 2.75) is 13.8 Å². The van der Waals surface area contributed by atoms with Gasteiger partial charge in [0, 0.05) is 5.39 Å². The molecule has 0 saturated heterocycles. The average molecular weight is 422 g/mol. The number of hydrogen-bond donors (Lipinski definition) is 1. The zero-order valence-electron chi connectivity index (χ0n) is 17.4. The van der Waals surface area contributed by atoms with Crippen molar-refractivity contribution in [1.82, 2.24) is 0 Å². The number of anilines is 1. The van der Waals surface area contributed by atoms with Crippen LogP contribution < -0.4 is 14.8 Å². The normalized spacial score (nSPS) is 10.5. The predicted octanol–water partition coefficient (Wildman–Crippen LogP) is 4.14. The molecule has 1 N–H and O–H groups in total. The first-order valence-corrected chi connectivity index (χ1v) is 9.62.